The van der Waals surface area contributed by atoms with E-state index in [1.807, 2.05) is 0 Å². The molecule has 118 valence electrons. The molecule has 0 fully saturated rings. The Bertz CT molecular complexity index is 634. The van der Waals surface area contributed by atoms with Gasteiger partial charge in [-0.2, -0.15) is 0 Å². The first kappa shape index (κ1) is 17.5. The topological polar surface area (TPSA) is 89.7 Å². The number of ether oxygens (including phenoxy) is 1. The van der Waals surface area contributed by atoms with E-state index in [0.717, 1.165) is 0 Å². The minimum Gasteiger partial charge on any atom is -0.383 e. The molecule has 0 atom stereocenters. The monoisotopic (exact) mass is 322 g/mol. The largest absolute Gasteiger partial charge is 0.383 e. The molecule has 1 aromatic rings. The number of halogens is 2. The second-order valence-corrected chi connectivity index (χ2v) is 5.71. The molecule has 0 aliphatic carbocycles. The third-order valence-electron chi connectivity index (χ3n) is 2.79. The van der Waals surface area contributed by atoms with Gasteiger partial charge >= 0.3 is 0 Å². The van der Waals surface area contributed by atoms with Crippen LogP contribution in [0.15, 0.2) is 17.0 Å². The van der Waals surface area contributed by atoms with Crippen LogP contribution in [0.3, 0.4) is 0 Å². The molecule has 0 spiro atoms. The zero-order chi connectivity index (χ0) is 16.2. The van der Waals surface area contributed by atoms with Gasteiger partial charge in [0.05, 0.1) is 12.2 Å². The minimum absolute atomic E-state index is 0.188. The number of nitrogens with two attached hydrogens (primary N) is 1. The Morgan fingerprint density at radius 3 is 2.43 bits per heavy atom. The molecule has 9 heteroatoms. The summed E-state index contributed by atoms with van der Waals surface area (Å²) in [7, 11) is -2.95. The number of carbonyl (C=O) groups excluding carboxylic acids is 1. The van der Waals surface area contributed by atoms with Crippen molar-refractivity contribution in [1.82, 2.24) is 4.90 Å². The lowest BCUT2D eigenvalue weighted by atomic mass is 10.1. The SMILES string of the molecule is CCN(CCOC)C(=O)c1cc(S(N)(=O)=O)c(F)cc1F. The van der Waals surface area contributed by atoms with Gasteiger partial charge in [-0.3, -0.25) is 4.79 Å². The predicted octanol–water partition coefficient (Wildman–Crippen LogP) is 0.721. The molecule has 0 aliphatic heterocycles. The maximum Gasteiger partial charge on any atom is 0.256 e. The molecule has 21 heavy (non-hydrogen) atoms. The summed E-state index contributed by atoms with van der Waals surface area (Å²) in [4.78, 5) is 12.5. The van der Waals surface area contributed by atoms with Crippen LogP contribution >= 0.6 is 0 Å². The van der Waals surface area contributed by atoms with Gasteiger partial charge in [0.25, 0.3) is 5.91 Å². The zero-order valence-corrected chi connectivity index (χ0v) is 12.4. The van der Waals surface area contributed by atoms with Crippen LogP contribution < -0.4 is 5.14 Å². The third kappa shape index (κ3) is 4.19. The van der Waals surface area contributed by atoms with E-state index in [4.69, 9.17) is 9.88 Å². The number of carbonyl (C=O) groups is 1. The number of nitrogens with zero attached hydrogens (tertiary/aromatic N) is 1. The Hall–Kier alpha value is -1.58. The average Bonchev–Trinajstić information content (AvgIpc) is 2.37. The lowest BCUT2D eigenvalue weighted by Crippen LogP contribution is -2.34. The first-order chi connectivity index (χ1) is 9.72. The van der Waals surface area contributed by atoms with Gasteiger partial charge in [0.15, 0.2) is 0 Å². The van der Waals surface area contributed by atoms with E-state index >= 15 is 0 Å². The van der Waals surface area contributed by atoms with Crippen LogP contribution in [-0.4, -0.2) is 46.0 Å². The second-order valence-electron chi connectivity index (χ2n) is 4.19. The second kappa shape index (κ2) is 6.92. The number of primary sulfonamides is 1. The number of hydrogen-bond donors (Lipinski definition) is 1. The molecule has 6 nitrogen and oxygen atoms in total. The van der Waals surface area contributed by atoms with Crippen LogP contribution in [0.5, 0.6) is 0 Å². The Morgan fingerprint density at radius 1 is 1.33 bits per heavy atom. The van der Waals surface area contributed by atoms with Gasteiger partial charge in [-0.15, -0.1) is 0 Å². The molecule has 0 heterocycles. The van der Waals surface area contributed by atoms with Crippen molar-refractivity contribution in [2.24, 2.45) is 5.14 Å². The van der Waals surface area contributed by atoms with E-state index in [-0.39, 0.29) is 19.7 Å². The minimum atomic E-state index is -4.39. The van der Waals surface area contributed by atoms with Crippen molar-refractivity contribution in [2.45, 2.75) is 11.8 Å². The maximum absolute atomic E-state index is 13.7. The smallest absolute Gasteiger partial charge is 0.256 e. The number of hydrogen-bond acceptors (Lipinski definition) is 4. The number of benzene rings is 1. The van der Waals surface area contributed by atoms with E-state index < -0.39 is 38.0 Å². The van der Waals surface area contributed by atoms with Gasteiger partial charge in [-0.25, -0.2) is 22.3 Å². The number of rotatable bonds is 6. The number of sulfonamides is 1. The standard InChI is InChI=1S/C12H16F2N2O4S/c1-3-16(4-5-20-2)12(17)8-6-11(21(15,18)19)10(14)7-9(8)13/h6-7H,3-5H2,1-2H3,(H2,15,18,19). The lowest BCUT2D eigenvalue weighted by Gasteiger charge is -2.21. The van der Waals surface area contributed by atoms with Crippen molar-refractivity contribution in [3.8, 4) is 0 Å². The van der Waals surface area contributed by atoms with Crippen molar-refractivity contribution in [3.63, 3.8) is 0 Å². The lowest BCUT2D eigenvalue weighted by molar-refractivity contribution is 0.0701. The molecule has 0 unspecified atom stereocenters. The number of likely N-dealkylation sites (N-methyl/N-ethyl adjacent to an activating group) is 1. The molecule has 0 radical (unpaired) electrons. The fraction of sp³-hybridized carbons (Fsp3) is 0.417. The van der Waals surface area contributed by atoms with Crippen LogP contribution in [0, 0.1) is 11.6 Å². The fourth-order valence-electron chi connectivity index (χ4n) is 1.69. The molecule has 0 saturated heterocycles. The van der Waals surface area contributed by atoms with Gasteiger partial charge < -0.3 is 9.64 Å². The van der Waals surface area contributed by atoms with Gasteiger partial charge in [0.1, 0.15) is 16.5 Å². The highest BCUT2D eigenvalue weighted by Gasteiger charge is 2.24. The highest BCUT2D eigenvalue weighted by molar-refractivity contribution is 7.89. The molecule has 2 N–H and O–H groups in total. The van der Waals surface area contributed by atoms with E-state index in [0.29, 0.717) is 12.1 Å². The molecular weight excluding hydrogens is 306 g/mol. The molecule has 1 aromatic carbocycles. The summed E-state index contributed by atoms with van der Waals surface area (Å²) < 4.78 is 54.4. The normalized spacial score (nSPS) is 11.5. The van der Waals surface area contributed by atoms with E-state index in [9.17, 15) is 22.0 Å². The van der Waals surface area contributed by atoms with E-state index in [1.165, 1.54) is 12.0 Å². The Balaban J connectivity index is 3.26. The summed E-state index contributed by atoms with van der Waals surface area (Å²) in [6.07, 6.45) is 0. The summed E-state index contributed by atoms with van der Waals surface area (Å²) in [6, 6.07) is 0.939. The summed E-state index contributed by atoms with van der Waals surface area (Å²) in [6.45, 7) is 2.33. The molecular formula is C12H16F2N2O4S. The zero-order valence-electron chi connectivity index (χ0n) is 11.6. The van der Waals surface area contributed by atoms with Crippen molar-refractivity contribution in [2.75, 3.05) is 26.8 Å². The van der Waals surface area contributed by atoms with Crippen LogP contribution in [0.2, 0.25) is 0 Å². The van der Waals surface area contributed by atoms with E-state index in [2.05, 4.69) is 0 Å². The number of methoxy groups -OCH3 is 1. The van der Waals surface area contributed by atoms with Gasteiger partial charge in [-0.05, 0) is 13.0 Å². The summed E-state index contributed by atoms with van der Waals surface area (Å²) in [5, 5.41) is 4.83. The highest BCUT2D eigenvalue weighted by Crippen LogP contribution is 2.20. The third-order valence-corrected chi connectivity index (χ3v) is 3.72. The highest BCUT2D eigenvalue weighted by atomic mass is 32.2. The molecule has 0 saturated carbocycles. The first-order valence-electron chi connectivity index (χ1n) is 6.02. The van der Waals surface area contributed by atoms with Crippen LogP contribution in [0.4, 0.5) is 8.78 Å². The molecule has 1 amide bonds. The molecule has 0 bridgehead atoms. The van der Waals surface area contributed by atoms with Crippen LogP contribution in [0.25, 0.3) is 0 Å². The van der Waals surface area contributed by atoms with Crippen molar-refractivity contribution < 1.29 is 26.7 Å². The molecule has 0 aromatic heterocycles. The van der Waals surface area contributed by atoms with Crippen LogP contribution in [-0.2, 0) is 14.8 Å². The molecule has 0 aliphatic rings. The maximum atomic E-state index is 13.7. The van der Waals surface area contributed by atoms with Crippen molar-refractivity contribution in [1.29, 1.82) is 0 Å². The number of amides is 1. The summed E-state index contributed by atoms with van der Waals surface area (Å²) in [5.41, 5.74) is -0.557. The summed E-state index contributed by atoms with van der Waals surface area (Å²) in [5.74, 6) is -3.26. The van der Waals surface area contributed by atoms with Gasteiger partial charge in [0, 0.05) is 26.3 Å². The molecule has 1 rings (SSSR count). The van der Waals surface area contributed by atoms with Crippen molar-refractivity contribution in [3.05, 3.63) is 29.3 Å². The Morgan fingerprint density at radius 2 is 1.95 bits per heavy atom. The fourth-order valence-corrected chi connectivity index (χ4v) is 2.30. The van der Waals surface area contributed by atoms with E-state index in [1.54, 1.807) is 6.92 Å². The summed E-state index contributed by atoms with van der Waals surface area (Å²) >= 11 is 0. The van der Waals surface area contributed by atoms with Crippen LogP contribution in [0.1, 0.15) is 17.3 Å². The average molecular weight is 322 g/mol. The first-order valence-corrected chi connectivity index (χ1v) is 7.57. The Labute approximate surface area is 121 Å². The van der Waals surface area contributed by atoms with Gasteiger partial charge in [-0.1, -0.05) is 0 Å². The Kier molecular flexibility index (Phi) is 5.76. The van der Waals surface area contributed by atoms with Gasteiger partial charge in [0.2, 0.25) is 10.0 Å². The van der Waals surface area contributed by atoms with Crippen molar-refractivity contribution >= 4 is 15.9 Å². The predicted molar refractivity (Wildman–Crippen MR) is 71.2 cm³/mol. The quantitative estimate of drug-likeness (QED) is 0.835.